The predicted molar refractivity (Wildman–Crippen MR) is 85.4 cm³/mol. The molecule has 0 saturated heterocycles. The Morgan fingerprint density at radius 3 is 0.870 bits per heavy atom. The van der Waals surface area contributed by atoms with E-state index in [2.05, 4.69) is 0 Å². The monoisotopic (exact) mass is 313 g/mol. The molecule has 0 aliphatic heterocycles. The van der Waals surface area contributed by atoms with E-state index in [-0.39, 0.29) is 28.7 Å². The number of hydrogen-bond acceptors (Lipinski definition) is 5. The summed E-state index contributed by atoms with van der Waals surface area (Å²) in [5.41, 5.74) is 0. The molecule has 0 saturated carbocycles. The van der Waals surface area contributed by atoms with Gasteiger partial charge in [-0.2, -0.15) is 0 Å². The molecule has 4 N–H and O–H groups in total. The molecule has 0 amide bonds. The Balaban J connectivity index is 0.000000173. The van der Waals surface area contributed by atoms with E-state index < -0.39 is 0 Å². The maximum absolute atomic E-state index is 10.3. The first kappa shape index (κ1) is 17.7. The second kappa shape index (κ2) is 9.57. The highest BCUT2D eigenvalue weighted by Crippen LogP contribution is 2.13. The maximum Gasteiger partial charge on any atom is 0.115 e. The van der Waals surface area contributed by atoms with Crippen molar-refractivity contribution in [2.75, 3.05) is 0 Å². The van der Waals surface area contributed by atoms with E-state index in [0.717, 1.165) is 0 Å². The van der Waals surface area contributed by atoms with Gasteiger partial charge in [-0.15, -0.1) is 5.75 Å². The second-order valence-electron chi connectivity index (χ2n) is 4.35. The third-order valence-electron chi connectivity index (χ3n) is 2.44. The van der Waals surface area contributed by atoms with Gasteiger partial charge in [0.05, 0.1) is 0 Å². The van der Waals surface area contributed by atoms with Crippen LogP contribution in [0.25, 0.3) is 0 Å². The molecule has 0 spiro atoms. The molecular formula is C18H17O5-. The topological polar surface area (TPSA) is 104 Å². The molecule has 23 heavy (non-hydrogen) atoms. The van der Waals surface area contributed by atoms with Gasteiger partial charge in [0.2, 0.25) is 0 Å². The molecule has 120 valence electrons. The molecule has 0 heterocycles. The van der Waals surface area contributed by atoms with Crippen molar-refractivity contribution in [3.8, 4) is 28.7 Å². The van der Waals surface area contributed by atoms with Crippen LogP contribution in [0.5, 0.6) is 28.7 Å². The molecule has 0 aliphatic carbocycles. The molecule has 0 atom stereocenters. The Bertz CT molecular complexity index is 579. The maximum atomic E-state index is 10.3. The van der Waals surface area contributed by atoms with Crippen LogP contribution in [0.1, 0.15) is 0 Å². The average Bonchev–Trinajstić information content (AvgIpc) is 2.55. The Labute approximate surface area is 134 Å². The molecule has 3 aromatic carbocycles. The fourth-order valence-electron chi connectivity index (χ4n) is 1.33. The lowest BCUT2D eigenvalue weighted by Gasteiger charge is -1.98. The van der Waals surface area contributed by atoms with Gasteiger partial charge in [-0.05, 0) is 48.5 Å². The third kappa shape index (κ3) is 8.52. The van der Waals surface area contributed by atoms with E-state index in [1.165, 1.54) is 60.7 Å². The Morgan fingerprint density at radius 2 is 0.696 bits per heavy atom. The van der Waals surface area contributed by atoms with Gasteiger partial charge in [0.25, 0.3) is 0 Å². The molecule has 0 unspecified atom stereocenters. The molecule has 0 radical (unpaired) electrons. The highest BCUT2D eigenvalue weighted by Gasteiger charge is 1.85. The van der Waals surface area contributed by atoms with Gasteiger partial charge in [-0.25, -0.2) is 0 Å². The molecule has 3 aromatic rings. The third-order valence-corrected chi connectivity index (χ3v) is 2.44. The fraction of sp³-hybridized carbons (Fsp3) is 0. The summed E-state index contributed by atoms with van der Waals surface area (Å²) in [6.45, 7) is 0. The highest BCUT2D eigenvalue weighted by atomic mass is 16.3. The van der Waals surface area contributed by atoms with E-state index in [1.54, 1.807) is 12.1 Å². The van der Waals surface area contributed by atoms with E-state index in [9.17, 15) is 5.11 Å². The van der Waals surface area contributed by atoms with Gasteiger partial charge in [0.15, 0.2) is 0 Å². The minimum absolute atomic E-state index is 0.0718. The van der Waals surface area contributed by atoms with Crippen molar-refractivity contribution < 1.29 is 25.5 Å². The molecule has 5 heteroatoms. The summed E-state index contributed by atoms with van der Waals surface area (Å²) in [5.74, 6) is 0.749. The van der Waals surface area contributed by atoms with E-state index in [4.69, 9.17) is 20.4 Å². The van der Waals surface area contributed by atoms with Crippen molar-refractivity contribution in [1.82, 2.24) is 0 Å². The number of hydrogen-bond donors (Lipinski definition) is 4. The van der Waals surface area contributed by atoms with Gasteiger partial charge < -0.3 is 25.5 Å². The van der Waals surface area contributed by atoms with Crippen molar-refractivity contribution in [2.45, 2.75) is 0 Å². The van der Waals surface area contributed by atoms with Gasteiger partial charge in [-0.1, -0.05) is 30.3 Å². The van der Waals surface area contributed by atoms with Crippen LogP contribution < -0.4 is 5.11 Å². The number of phenols is 4. The van der Waals surface area contributed by atoms with E-state index >= 15 is 0 Å². The number of aromatic hydroxyl groups is 4. The van der Waals surface area contributed by atoms with Gasteiger partial charge in [0, 0.05) is 0 Å². The first-order valence-corrected chi connectivity index (χ1v) is 6.65. The lowest BCUT2D eigenvalue weighted by atomic mass is 10.3. The quantitative estimate of drug-likeness (QED) is 0.478. The standard InChI is InChI=1S/2C6H6O2.C6H6O/c2*7-5-1-2-6(8)4-3-5;7-6-4-2-1-3-5-6/h2*1-4,7-8H;1-5,7H/p-1. The van der Waals surface area contributed by atoms with Crippen LogP contribution in [0, 0.1) is 0 Å². The van der Waals surface area contributed by atoms with E-state index in [1.807, 2.05) is 6.07 Å². The van der Waals surface area contributed by atoms with Crippen LogP contribution in [0.4, 0.5) is 0 Å². The molecular weight excluding hydrogens is 296 g/mol. The zero-order valence-electron chi connectivity index (χ0n) is 12.2. The van der Waals surface area contributed by atoms with Crippen LogP contribution >= 0.6 is 0 Å². The summed E-state index contributed by atoms with van der Waals surface area (Å²) in [4.78, 5) is 0. The van der Waals surface area contributed by atoms with Gasteiger partial charge in [0.1, 0.15) is 23.0 Å². The average molecular weight is 313 g/mol. The van der Waals surface area contributed by atoms with Crippen molar-refractivity contribution in [1.29, 1.82) is 0 Å². The van der Waals surface area contributed by atoms with Crippen LogP contribution in [-0.4, -0.2) is 20.4 Å². The number of phenolic OH excluding ortho intramolecular Hbond substituents is 4. The first-order valence-electron chi connectivity index (χ1n) is 6.65. The zero-order valence-corrected chi connectivity index (χ0v) is 12.2. The largest absolute Gasteiger partial charge is 0.872 e. The number of benzene rings is 3. The molecule has 0 aliphatic rings. The number of rotatable bonds is 0. The molecule has 0 aromatic heterocycles. The summed E-state index contributed by atoms with van der Waals surface area (Å²) >= 11 is 0. The van der Waals surface area contributed by atoms with Gasteiger partial charge in [-0.3, -0.25) is 0 Å². The summed E-state index contributed by atoms with van der Waals surface area (Å²) in [6, 6.07) is 19.7. The van der Waals surface area contributed by atoms with Gasteiger partial charge >= 0.3 is 0 Å². The van der Waals surface area contributed by atoms with Crippen molar-refractivity contribution >= 4 is 0 Å². The van der Waals surface area contributed by atoms with Crippen molar-refractivity contribution in [3.05, 3.63) is 78.9 Å². The van der Waals surface area contributed by atoms with Crippen LogP contribution in [0.15, 0.2) is 78.9 Å². The highest BCUT2D eigenvalue weighted by molar-refractivity contribution is 5.29. The van der Waals surface area contributed by atoms with Crippen LogP contribution in [-0.2, 0) is 0 Å². The summed E-state index contributed by atoms with van der Waals surface area (Å²) in [5, 5.41) is 44.9. The van der Waals surface area contributed by atoms with Crippen LogP contribution in [0.3, 0.4) is 0 Å². The lowest BCUT2D eigenvalue weighted by Crippen LogP contribution is -1.85. The first-order chi connectivity index (χ1) is 11.0. The fourth-order valence-corrected chi connectivity index (χ4v) is 1.33. The summed E-state index contributed by atoms with van der Waals surface area (Å²) in [7, 11) is 0. The second-order valence-corrected chi connectivity index (χ2v) is 4.35. The summed E-state index contributed by atoms with van der Waals surface area (Å²) in [6.07, 6.45) is 0. The summed E-state index contributed by atoms with van der Waals surface area (Å²) < 4.78 is 0. The predicted octanol–water partition coefficient (Wildman–Crippen LogP) is 2.96. The smallest absolute Gasteiger partial charge is 0.115 e. The van der Waals surface area contributed by atoms with Crippen LogP contribution in [0.2, 0.25) is 0 Å². The Kier molecular flexibility index (Phi) is 7.37. The number of para-hydroxylation sites is 1. The minimum atomic E-state index is 0.0718. The van der Waals surface area contributed by atoms with E-state index in [0.29, 0.717) is 0 Å². The Morgan fingerprint density at radius 1 is 0.435 bits per heavy atom. The van der Waals surface area contributed by atoms with Crippen molar-refractivity contribution in [2.24, 2.45) is 0 Å². The molecule has 3 rings (SSSR count). The molecule has 5 nitrogen and oxygen atoms in total. The van der Waals surface area contributed by atoms with Crippen molar-refractivity contribution in [3.63, 3.8) is 0 Å². The Hall–Kier alpha value is -3.34. The SMILES string of the molecule is Oc1ccc(O)cc1.Oc1ccc(O)cc1.[O-]c1ccccc1. The molecule has 0 fully saturated rings. The normalized spacial score (nSPS) is 8.87. The lowest BCUT2D eigenvalue weighted by molar-refractivity contribution is -0.268. The molecule has 0 bridgehead atoms. The zero-order chi connectivity index (χ0) is 17.1. The minimum Gasteiger partial charge on any atom is -0.872 e.